The monoisotopic (exact) mass is 196 g/mol. The summed E-state index contributed by atoms with van der Waals surface area (Å²) < 4.78 is 2.76. The molecule has 2 aromatic carbocycles. The molecular formula is C13H8S. The van der Waals surface area contributed by atoms with Crippen LogP contribution in [0, 0.1) is 7.43 Å². The van der Waals surface area contributed by atoms with Crippen LogP contribution in [0.3, 0.4) is 0 Å². The van der Waals surface area contributed by atoms with Crippen molar-refractivity contribution in [1.82, 2.24) is 0 Å². The van der Waals surface area contributed by atoms with E-state index in [2.05, 4.69) is 48.5 Å². The normalized spacial score (nSPS) is 10.3. The quantitative estimate of drug-likeness (QED) is 0.507. The van der Waals surface area contributed by atoms with Gasteiger partial charge in [0, 0.05) is 27.6 Å². The predicted molar refractivity (Wildman–Crippen MR) is 62.6 cm³/mol. The van der Waals surface area contributed by atoms with Crippen molar-refractivity contribution in [3.05, 3.63) is 56.0 Å². The first-order valence-corrected chi connectivity index (χ1v) is 5.13. The first-order valence-electron chi connectivity index (χ1n) is 4.31. The van der Waals surface area contributed by atoms with E-state index in [1.54, 1.807) is 0 Å². The fourth-order valence-corrected chi connectivity index (χ4v) is 2.78. The van der Waals surface area contributed by atoms with E-state index in [4.69, 9.17) is 0 Å². The molecule has 0 unspecified atom stereocenters. The van der Waals surface area contributed by atoms with Crippen LogP contribution in [0.1, 0.15) is 0 Å². The summed E-state index contributed by atoms with van der Waals surface area (Å²) >= 11 is 1.86. The molecule has 0 fully saturated rings. The van der Waals surface area contributed by atoms with Crippen LogP contribution >= 0.6 is 11.3 Å². The van der Waals surface area contributed by atoms with Gasteiger partial charge in [-0.2, -0.15) is 0 Å². The van der Waals surface area contributed by atoms with Crippen LogP contribution in [-0.4, -0.2) is 0 Å². The Morgan fingerprint density at radius 3 is 1.57 bits per heavy atom. The van der Waals surface area contributed by atoms with E-state index in [1.807, 2.05) is 11.3 Å². The highest BCUT2D eigenvalue weighted by Crippen LogP contribution is 2.32. The number of benzene rings is 2. The molecular weight excluding hydrogens is 188 g/mol. The predicted octanol–water partition coefficient (Wildman–Crippen LogP) is 4.14. The molecule has 0 amide bonds. The SMILES string of the molecule is [C].c1ccc2c(c1)sc1ccccc12. The second-order valence-corrected chi connectivity index (χ2v) is 4.18. The van der Waals surface area contributed by atoms with Crippen molar-refractivity contribution in [3.63, 3.8) is 0 Å². The van der Waals surface area contributed by atoms with Crippen molar-refractivity contribution in [1.29, 1.82) is 0 Å². The molecule has 0 aliphatic rings. The lowest BCUT2D eigenvalue weighted by Gasteiger charge is -1.88. The van der Waals surface area contributed by atoms with E-state index >= 15 is 0 Å². The highest BCUT2D eigenvalue weighted by Gasteiger charge is 2.01. The second-order valence-electron chi connectivity index (χ2n) is 3.09. The zero-order chi connectivity index (χ0) is 8.67. The Morgan fingerprint density at radius 2 is 1.07 bits per heavy atom. The lowest BCUT2D eigenvalue weighted by molar-refractivity contribution is 1.84. The maximum atomic E-state index is 2.19. The van der Waals surface area contributed by atoms with Gasteiger partial charge in [0.05, 0.1) is 0 Å². The van der Waals surface area contributed by atoms with Crippen LogP contribution in [0.4, 0.5) is 0 Å². The molecule has 0 spiro atoms. The summed E-state index contributed by atoms with van der Waals surface area (Å²) in [5.74, 6) is 0. The summed E-state index contributed by atoms with van der Waals surface area (Å²) in [6.07, 6.45) is 0. The molecule has 66 valence electrons. The first-order chi connectivity index (χ1) is 6.45. The third-order valence-corrected chi connectivity index (χ3v) is 3.44. The van der Waals surface area contributed by atoms with E-state index in [-0.39, 0.29) is 7.43 Å². The Bertz CT molecular complexity index is 513. The second kappa shape index (κ2) is 3.43. The zero-order valence-corrected chi connectivity index (χ0v) is 8.34. The minimum Gasteiger partial charge on any atom is -0.135 e. The molecule has 1 heteroatoms. The van der Waals surface area contributed by atoms with Gasteiger partial charge in [0.2, 0.25) is 0 Å². The first kappa shape index (κ1) is 9.22. The van der Waals surface area contributed by atoms with E-state index in [9.17, 15) is 0 Å². The summed E-state index contributed by atoms with van der Waals surface area (Å²) in [6.45, 7) is 0. The van der Waals surface area contributed by atoms with Crippen LogP contribution in [0.25, 0.3) is 20.2 Å². The Hall–Kier alpha value is -1.34. The molecule has 3 rings (SSSR count). The summed E-state index contributed by atoms with van der Waals surface area (Å²) in [7, 11) is 0. The van der Waals surface area contributed by atoms with Gasteiger partial charge in [-0.3, -0.25) is 0 Å². The summed E-state index contributed by atoms with van der Waals surface area (Å²) in [5, 5.41) is 2.76. The van der Waals surface area contributed by atoms with Crippen molar-refractivity contribution in [3.8, 4) is 0 Å². The lowest BCUT2D eigenvalue weighted by atomic mass is 10.2. The van der Waals surface area contributed by atoms with Crippen LogP contribution in [0.15, 0.2) is 48.5 Å². The Kier molecular flexibility index (Phi) is 2.26. The van der Waals surface area contributed by atoms with Crippen LogP contribution in [0.5, 0.6) is 0 Å². The number of fused-ring (bicyclic) bond motifs is 3. The molecule has 0 saturated carbocycles. The van der Waals surface area contributed by atoms with Gasteiger partial charge in [-0.25, -0.2) is 0 Å². The van der Waals surface area contributed by atoms with Crippen LogP contribution < -0.4 is 0 Å². The maximum absolute atomic E-state index is 2.19. The molecule has 1 aromatic heterocycles. The van der Waals surface area contributed by atoms with Gasteiger partial charge in [0.15, 0.2) is 0 Å². The van der Waals surface area contributed by atoms with Crippen molar-refractivity contribution >= 4 is 31.5 Å². The van der Waals surface area contributed by atoms with Crippen molar-refractivity contribution < 1.29 is 0 Å². The Labute approximate surface area is 87.8 Å². The van der Waals surface area contributed by atoms with Crippen molar-refractivity contribution in [2.24, 2.45) is 0 Å². The number of hydrogen-bond donors (Lipinski definition) is 0. The summed E-state index contributed by atoms with van der Waals surface area (Å²) in [5.41, 5.74) is 0. The highest BCUT2D eigenvalue weighted by molar-refractivity contribution is 7.25. The van der Waals surface area contributed by atoms with Gasteiger partial charge in [-0.1, -0.05) is 36.4 Å². The molecule has 0 saturated heterocycles. The molecule has 0 atom stereocenters. The molecule has 4 radical (unpaired) electrons. The van der Waals surface area contributed by atoms with Gasteiger partial charge in [-0.15, -0.1) is 11.3 Å². The van der Waals surface area contributed by atoms with Gasteiger partial charge in [0.25, 0.3) is 0 Å². The minimum atomic E-state index is 0. The fourth-order valence-electron chi connectivity index (χ4n) is 1.67. The number of rotatable bonds is 0. The van der Waals surface area contributed by atoms with E-state index < -0.39 is 0 Å². The average molecular weight is 196 g/mol. The molecule has 1 heterocycles. The largest absolute Gasteiger partial charge is 0.135 e. The smallest absolute Gasteiger partial charge is 0.0355 e. The Balaban J connectivity index is 0.000000750. The standard InChI is InChI=1S/C12H8S.C/c1-3-7-11-9(5-1)10-6-2-4-8-12(10)13-11;/h1-8H;. The summed E-state index contributed by atoms with van der Waals surface area (Å²) in [6, 6.07) is 17.1. The topological polar surface area (TPSA) is 0 Å². The van der Waals surface area contributed by atoms with Gasteiger partial charge >= 0.3 is 0 Å². The van der Waals surface area contributed by atoms with Gasteiger partial charge in [-0.05, 0) is 12.1 Å². The Morgan fingerprint density at radius 1 is 0.643 bits per heavy atom. The minimum absolute atomic E-state index is 0. The van der Waals surface area contributed by atoms with E-state index in [0.717, 1.165) is 0 Å². The molecule has 0 aliphatic heterocycles. The molecule has 3 aromatic rings. The third kappa shape index (κ3) is 1.21. The highest BCUT2D eigenvalue weighted by atomic mass is 32.1. The maximum Gasteiger partial charge on any atom is 0.0355 e. The van der Waals surface area contributed by atoms with Crippen LogP contribution in [-0.2, 0) is 0 Å². The average Bonchev–Trinajstić information content (AvgIpc) is 2.56. The van der Waals surface area contributed by atoms with Crippen molar-refractivity contribution in [2.75, 3.05) is 0 Å². The fraction of sp³-hybridized carbons (Fsp3) is 0. The van der Waals surface area contributed by atoms with Crippen molar-refractivity contribution in [2.45, 2.75) is 0 Å². The van der Waals surface area contributed by atoms with Gasteiger partial charge < -0.3 is 0 Å². The number of thiophene rings is 1. The summed E-state index contributed by atoms with van der Waals surface area (Å²) in [4.78, 5) is 0. The molecule has 0 N–H and O–H groups in total. The molecule has 14 heavy (non-hydrogen) atoms. The zero-order valence-electron chi connectivity index (χ0n) is 7.53. The van der Waals surface area contributed by atoms with Gasteiger partial charge in [0.1, 0.15) is 0 Å². The van der Waals surface area contributed by atoms with E-state index in [0.29, 0.717) is 0 Å². The molecule has 0 bridgehead atoms. The molecule has 0 nitrogen and oxygen atoms in total. The van der Waals surface area contributed by atoms with Crippen LogP contribution in [0.2, 0.25) is 0 Å². The molecule has 0 aliphatic carbocycles. The number of hydrogen-bond acceptors (Lipinski definition) is 1. The lowest BCUT2D eigenvalue weighted by Crippen LogP contribution is -1.62. The third-order valence-electron chi connectivity index (χ3n) is 2.28. The van der Waals surface area contributed by atoms with E-state index in [1.165, 1.54) is 20.2 Å².